The van der Waals surface area contributed by atoms with Crippen LogP contribution in [0.1, 0.15) is 59.3 Å². The van der Waals surface area contributed by atoms with Crippen LogP contribution in [0.25, 0.3) is 0 Å². The molecular formula is C23H34N2O6S. The van der Waals surface area contributed by atoms with Gasteiger partial charge < -0.3 is 23.9 Å². The molecule has 178 valence electrons. The fraction of sp³-hybridized carbons (Fsp3) is 0.609. The molecule has 0 fully saturated rings. The van der Waals surface area contributed by atoms with E-state index < -0.39 is 23.0 Å². The highest BCUT2D eigenvalue weighted by Gasteiger charge is 2.45. The molecule has 9 heteroatoms. The fourth-order valence-corrected chi connectivity index (χ4v) is 4.59. The Labute approximate surface area is 193 Å². The lowest BCUT2D eigenvalue weighted by Crippen LogP contribution is -2.45. The van der Waals surface area contributed by atoms with E-state index in [1.165, 1.54) is 17.8 Å². The van der Waals surface area contributed by atoms with E-state index in [9.17, 15) is 9.59 Å². The summed E-state index contributed by atoms with van der Waals surface area (Å²) in [4.78, 5) is 30.0. The van der Waals surface area contributed by atoms with E-state index in [1.807, 2.05) is 27.7 Å². The quantitative estimate of drug-likeness (QED) is 0.348. The summed E-state index contributed by atoms with van der Waals surface area (Å²) in [5, 5.41) is 3.65. The van der Waals surface area contributed by atoms with Crippen LogP contribution in [0.15, 0.2) is 39.0 Å². The molecule has 32 heavy (non-hydrogen) atoms. The number of hydrogen-bond acceptors (Lipinski definition) is 8. The van der Waals surface area contributed by atoms with Crippen LogP contribution in [0.2, 0.25) is 0 Å². The first kappa shape index (κ1) is 26.2. The van der Waals surface area contributed by atoms with Gasteiger partial charge in [0, 0.05) is 25.0 Å². The predicted octanol–water partition coefficient (Wildman–Crippen LogP) is 3.86. The Morgan fingerprint density at radius 1 is 1.38 bits per heavy atom. The van der Waals surface area contributed by atoms with Crippen LogP contribution in [-0.2, 0) is 14.3 Å². The zero-order chi connectivity index (χ0) is 23.8. The van der Waals surface area contributed by atoms with Crippen molar-refractivity contribution in [2.75, 3.05) is 25.6 Å². The van der Waals surface area contributed by atoms with Crippen molar-refractivity contribution in [2.45, 2.75) is 64.8 Å². The number of rotatable bonds is 13. The van der Waals surface area contributed by atoms with Crippen molar-refractivity contribution in [3.05, 3.63) is 41.0 Å². The molecule has 0 aliphatic carbocycles. The molecule has 1 aliphatic rings. The van der Waals surface area contributed by atoms with Crippen LogP contribution in [-0.4, -0.2) is 47.9 Å². The molecule has 0 aromatic carbocycles. The monoisotopic (exact) mass is 466 g/mol. The van der Waals surface area contributed by atoms with Gasteiger partial charge in [-0.3, -0.25) is 9.79 Å². The minimum Gasteiger partial charge on any atom is -0.489 e. The van der Waals surface area contributed by atoms with Gasteiger partial charge in [0.2, 0.25) is 11.7 Å². The van der Waals surface area contributed by atoms with Gasteiger partial charge >= 0.3 is 5.63 Å². The van der Waals surface area contributed by atoms with Gasteiger partial charge in [-0.05, 0) is 34.1 Å². The summed E-state index contributed by atoms with van der Waals surface area (Å²) < 4.78 is 22.5. The molecule has 1 amide bonds. The largest absolute Gasteiger partial charge is 0.489 e. The second-order valence-corrected chi connectivity index (χ2v) is 8.68. The molecule has 0 radical (unpaired) electrons. The van der Waals surface area contributed by atoms with E-state index in [1.54, 1.807) is 19.1 Å². The normalized spacial score (nSPS) is 19.3. The fourth-order valence-electron chi connectivity index (χ4n) is 3.33. The van der Waals surface area contributed by atoms with Gasteiger partial charge in [-0.1, -0.05) is 26.0 Å². The van der Waals surface area contributed by atoms with Crippen molar-refractivity contribution in [1.82, 2.24) is 5.32 Å². The summed E-state index contributed by atoms with van der Waals surface area (Å²) >= 11 is 1.45. The van der Waals surface area contributed by atoms with Crippen molar-refractivity contribution in [3.8, 4) is 5.75 Å². The van der Waals surface area contributed by atoms with Gasteiger partial charge in [0.1, 0.15) is 28.7 Å². The molecule has 8 nitrogen and oxygen atoms in total. The minimum absolute atomic E-state index is 0.256. The third kappa shape index (κ3) is 6.46. The predicted molar refractivity (Wildman–Crippen MR) is 126 cm³/mol. The number of nitrogens with one attached hydrogen (secondary N) is 1. The third-order valence-corrected chi connectivity index (χ3v) is 6.35. The zero-order valence-electron chi connectivity index (χ0n) is 19.6. The number of hydrogen-bond donors (Lipinski definition) is 1. The van der Waals surface area contributed by atoms with E-state index in [-0.39, 0.29) is 12.5 Å². The summed E-state index contributed by atoms with van der Waals surface area (Å²) in [6.07, 6.45) is 2.96. The standard InChI is InChI=1S/C23H34N2O6S/c1-7-11-17(18-13-16(28-12-8-2)14-19(26)31-18)24-20(27)22(5)15-32-21(25-22)23(6,29-9-3)30-10-4/h8,13-14,17H,2,7,9-12,15H2,1,3-6H3,(H,24,27)/t17-,22-/m1/s1. The molecule has 0 saturated carbocycles. The van der Waals surface area contributed by atoms with Crippen LogP contribution < -0.4 is 15.7 Å². The Hall–Kier alpha value is -2.10. The smallest absolute Gasteiger partial charge is 0.339 e. The molecule has 1 aliphatic heterocycles. The molecule has 1 N–H and O–H groups in total. The van der Waals surface area contributed by atoms with Crippen molar-refractivity contribution in [1.29, 1.82) is 0 Å². The minimum atomic E-state index is -1.00. The van der Waals surface area contributed by atoms with Crippen molar-refractivity contribution in [2.24, 2.45) is 4.99 Å². The first-order valence-corrected chi connectivity index (χ1v) is 11.9. The Balaban J connectivity index is 2.26. The van der Waals surface area contributed by atoms with E-state index in [4.69, 9.17) is 23.6 Å². The number of thioether (sulfide) groups is 1. The molecule has 1 aromatic rings. The first-order chi connectivity index (χ1) is 15.2. The number of aliphatic imine (C=N–C) groups is 1. The maximum absolute atomic E-state index is 13.3. The lowest BCUT2D eigenvalue weighted by molar-refractivity contribution is -0.169. The lowest BCUT2D eigenvalue weighted by Gasteiger charge is -2.28. The van der Waals surface area contributed by atoms with E-state index in [0.717, 1.165) is 6.42 Å². The Bertz CT molecular complexity index is 877. The molecule has 0 unspecified atom stereocenters. The highest BCUT2D eigenvalue weighted by atomic mass is 32.2. The summed E-state index contributed by atoms with van der Waals surface area (Å²) in [7, 11) is 0. The highest BCUT2D eigenvalue weighted by molar-refractivity contribution is 8.14. The van der Waals surface area contributed by atoms with E-state index >= 15 is 0 Å². The molecule has 2 heterocycles. The Kier molecular flexibility index (Phi) is 9.54. The third-order valence-electron chi connectivity index (χ3n) is 4.91. The number of carbonyl (C=O) groups is 1. The SMILES string of the molecule is C=CCOc1cc([C@@H](CCC)NC(=O)[C@@]2(C)CSC(C(C)(OCC)OCC)=N2)oc(=O)c1. The number of carbonyl (C=O) groups excluding carboxylic acids is 1. The maximum atomic E-state index is 13.3. The van der Waals surface area contributed by atoms with Gasteiger partial charge in [0.05, 0.1) is 12.1 Å². The zero-order valence-corrected chi connectivity index (χ0v) is 20.4. The molecule has 2 rings (SSSR count). The van der Waals surface area contributed by atoms with E-state index in [2.05, 4.69) is 11.9 Å². The molecule has 1 aromatic heterocycles. The van der Waals surface area contributed by atoms with Crippen LogP contribution in [0, 0.1) is 0 Å². The Morgan fingerprint density at radius 3 is 2.66 bits per heavy atom. The second-order valence-electron chi connectivity index (χ2n) is 7.72. The van der Waals surface area contributed by atoms with Gasteiger partial charge in [-0.25, -0.2) is 4.79 Å². The summed E-state index contributed by atoms with van der Waals surface area (Å²) in [6, 6.07) is 2.41. The summed E-state index contributed by atoms with van der Waals surface area (Å²) in [5.41, 5.74) is -1.54. The van der Waals surface area contributed by atoms with Crippen LogP contribution in [0.5, 0.6) is 5.75 Å². The average molecular weight is 467 g/mol. The van der Waals surface area contributed by atoms with Crippen LogP contribution >= 0.6 is 11.8 Å². The Morgan fingerprint density at radius 2 is 2.06 bits per heavy atom. The van der Waals surface area contributed by atoms with Gasteiger partial charge in [0.25, 0.3) is 0 Å². The second kappa shape index (κ2) is 11.7. The topological polar surface area (TPSA) is 99.4 Å². The van der Waals surface area contributed by atoms with Crippen molar-refractivity contribution in [3.63, 3.8) is 0 Å². The summed E-state index contributed by atoms with van der Waals surface area (Å²) in [5.74, 6) is -0.0698. The molecule has 0 bridgehead atoms. The summed E-state index contributed by atoms with van der Waals surface area (Å²) in [6.45, 7) is 14.2. The maximum Gasteiger partial charge on any atom is 0.339 e. The lowest BCUT2D eigenvalue weighted by atomic mass is 10.0. The molecule has 2 atom stereocenters. The first-order valence-electron chi connectivity index (χ1n) is 10.9. The van der Waals surface area contributed by atoms with Gasteiger partial charge in [-0.15, -0.1) is 11.8 Å². The van der Waals surface area contributed by atoms with Crippen LogP contribution in [0.4, 0.5) is 0 Å². The average Bonchev–Trinajstić information content (AvgIpc) is 3.16. The van der Waals surface area contributed by atoms with Gasteiger partial charge in [-0.2, -0.15) is 0 Å². The van der Waals surface area contributed by atoms with E-state index in [0.29, 0.717) is 41.9 Å². The number of nitrogens with zero attached hydrogens (tertiary/aromatic N) is 1. The van der Waals surface area contributed by atoms with Crippen molar-refractivity contribution < 1.29 is 23.4 Å². The molecule has 0 saturated heterocycles. The molecular weight excluding hydrogens is 432 g/mol. The van der Waals surface area contributed by atoms with Crippen LogP contribution in [0.3, 0.4) is 0 Å². The number of amides is 1. The highest BCUT2D eigenvalue weighted by Crippen LogP contribution is 2.36. The van der Waals surface area contributed by atoms with Gasteiger partial charge in [0.15, 0.2) is 0 Å². The number of ether oxygens (including phenoxy) is 3. The molecule has 0 spiro atoms. The van der Waals surface area contributed by atoms with Crippen molar-refractivity contribution >= 4 is 22.7 Å².